The Balaban J connectivity index is 1.94. The topological polar surface area (TPSA) is 38.7 Å². The maximum Gasteiger partial charge on any atom is 0.132 e. The van der Waals surface area contributed by atoms with Gasteiger partial charge in [0, 0.05) is 23.4 Å². The molecule has 0 unspecified atom stereocenters. The molecule has 0 aliphatic carbocycles. The van der Waals surface area contributed by atoms with Gasteiger partial charge in [0.2, 0.25) is 0 Å². The maximum atomic E-state index is 4.70. The first-order chi connectivity index (χ1) is 10.1. The molecule has 0 atom stereocenters. The Morgan fingerprint density at radius 2 is 1.76 bits per heavy atom. The third-order valence-corrected chi connectivity index (χ3v) is 3.71. The number of pyridine rings is 1. The van der Waals surface area contributed by atoms with Crippen LogP contribution in [0.1, 0.15) is 37.0 Å². The van der Waals surface area contributed by atoms with Gasteiger partial charge in [0.1, 0.15) is 10.4 Å². The van der Waals surface area contributed by atoms with E-state index in [-0.39, 0.29) is 0 Å². The second-order valence-electron chi connectivity index (χ2n) is 5.37. The number of halogens is 1. The van der Waals surface area contributed by atoms with Crippen molar-refractivity contribution in [2.75, 3.05) is 0 Å². The van der Waals surface area contributed by atoms with E-state index in [4.69, 9.17) is 4.98 Å². The van der Waals surface area contributed by atoms with Crippen molar-refractivity contribution in [2.24, 2.45) is 0 Å². The van der Waals surface area contributed by atoms with Gasteiger partial charge >= 0.3 is 0 Å². The third-order valence-electron chi connectivity index (χ3n) is 3.30. The van der Waals surface area contributed by atoms with Crippen molar-refractivity contribution in [2.45, 2.75) is 26.2 Å². The van der Waals surface area contributed by atoms with Crippen LogP contribution in [0.2, 0.25) is 0 Å². The number of fused-ring (bicyclic) bond motifs is 1. The minimum Gasteiger partial charge on any atom is -0.252 e. The van der Waals surface area contributed by atoms with E-state index in [9.17, 15) is 0 Å². The van der Waals surface area contributed by atoms with Crippen LogP contribution in [-0.4, -0.2) is 15.0 Å². The fourth-order valence-electron chi connectivity index (χ4n) is 2.22. The Morgan fingerprint density at radius 3 is 2.57 bits per heavy atom. The summed E-state index contributed by atoms with van der Waals surface area (Å²) in [7, 11) is 0. The summed E-state index contributed by atoms with van der Waals surface area (Å²) in [5.41, 5.74) is 3.03. The van der Waals surface area contributed by atoms with Crippen molar-refractivity contribution in [1.29, 1.82) is 0 Å². The number of nitrogens with zero attached hydrogens (tertiary/aromatic N) is 3. The molecule has 0 radical (unpaired) electrons. The van der Waals surface area contributed by atoms with Crippen LogP contribution in [0.25, 0.3) is 10.9 Å². The molecule has 0 saturated heterocycles. The van der Waals surface area contributed by atoms with Gasteiger partial charge < -0.3 is 0 Å². The molecule has 106 valence electrons. The van der Waals surface area contributed by atoms with Crippen LogP contribution >= 0.6 is 15.9 Å². The second-order valence-corrected chi connectivity index (χ2v) is 6.18. The lowest BCUT2D eigenvalue weighted by Crippen LogP contribution is -2.03. The summed E-state index contributed by atoms with van der Waals surface area (Å²) in [6.45, 7) is 4.19. The first-order valence-electron chi connectivity index (χ1n) is 7.00. The van der Waals surface area contributed by atoms with Crippen LogP contribution in [0.5, 0.6) is 0 Å². The summed E-state index contributed by atoms with van der Waals surface area (Å²) < 4.78 is 0.831. The van der Waals surface area contributed by atoms with Gasteiger partial charge in [-0.1, -0.05) is 38.1 Å². The quantitative estimate of drug-likeness (QED) is 0.658. The Kier molecular flexibility index (Phi) is 3.97. The van der Waals surface area contributed by atoms with Crippen molar-refractivity contribution in [1.82, 2.24) is 15.0 Å². The van der Waals surface area contributed by atoms with Gasteiger partial charge in [-0.25, -0.2) is 9.97 Å². The molecule has 4 heteroatoms. The van der Waals surface area contributed by atoms with E-state index in [2.05, 4.69) is 57.9 Å². The summed E-state index contributed by atoms with van der Waals surface area (Å²) in [5.74, 6) is 1.17. The molecular formula is C17H16BrN3. The highest BCUT2D eigenvalue weighted by molar-refractivity contribution is 9.10. The predicted molar refractivity (Wildman–Crippen MR) is 88.4 cm³/mol. The second kappa shape index (κ2) is 5.90. The van der Waals surface area contributed by atoms with Crippen molar-refractivity contribution < 1.29 is 0 Å². The van der Waals surface area contributed by atoms with Gasteiger partial charge in [-0.2, -0.15) is 0 Å². The monoisotopic (exact) mass is 341 g/mol. The normalized spacial score (nSPS) is 11.2. The van der Waals surface area contributed by atoms with Crippen molar-refractivity contribution in [3.8, 4) is 0 Å². The number of hydrogen-bond donors (Lipinski definition) is 0. The van der Waals surface area contributed by atoms with Gasteiger partial charge in [0.15, 0.2) is 0 Å². The van der Waals surface area contributed by atoms with Crippen molar-refractivity contribution in [3.63, 3.8) is 0 Å². The van der Waals surface area contributed by atoms with E-state index in [0.717, 1.165) is 32.7 Å². The third kappa shape index (κ3) is 3.27. The number of hydrogen-bond acceptors (Lipinski definition) is 3. The van der Waals surface area contributed by atoms with Crippen molar-refractivity contribution >= 4 is 26.8 Å². The van der Waals surface area contributed by atoms with E-state index in [1.165, 1.54) is 0 Å². The van der Waals surface area contributed by atoms with Crippen LogP contribution in [0, 0.1) is 0 Å². The molecular weight excluding hydrogens is 326 g/mol. The minimum atomic E-state index is 0.311. The van der Waals surface area contributed by atoms with Gasteiger partial charge in [0.25, 0.3) is 0 Å². The number of benzene rings is 1. The summed E-state index contributed by atoms with van der Waals surface area (Å²) in [4.78, 5) is 13.7. The molecule has 0 spiro atoms. The lowest BCUT2D eigenvalue weighted by molar-refractivity contribution is 0.754. The van der Waals surface area contributed by atoms with Gasteiger partial charge in [-0.3, -0.25) is 4.98 Å². The maximum absolute atomic E-state index is 4.70. The number of para-hydroxylation sites is 1. The van der Waals surface area contributed by atoms with E-state index in [1.807, 2.05) is 24.3 Å². The lowest BCUT2D eigenvalue weighted by atomic mass is 10.1. The summed E-state index contributed by atoms with van der Waals surface area (Å²) in [6.07, 6.45) is 0.714. The highest BCUT2D eigenvalue weighted by atomic mass is 79.9. The van der Waals surface area contributed by atoms with Crippen LogP contribution < -0.4 is 0 Å². The molecule has 0 saturated carbocycles. The van der Waals surface area contributed by atoms with Crippen LogP contribution in [0.15, 0.2) is 47.1 Å². The molecule has 0 amide bonds. The zero-order valence-electron chi connectivity index (χ0n) is 12.0. The molecule has 2 heterocycles. The zero-order valence-corrected chi connectivity index (χ0v) is 13.6. The van der Waals surface area contributed by atoms with Gasteiger partial charge in [0.05, 0.1) is 11.2 Å². The zero-order chi connectivity index (χ0) is 14.8. The highest BCUT2D eigenvalue weighted by Crippen LogP contribution is 2.18. The molecule has 21 heavy (non-hydrogen) atoms. The Morgan fingerprint density at radius 1 is 0.952 bits per heavy atom. The summed E-state index contributed by atoms with van der Waals surface area (Å²) >= 11 is 3.46. The van der Waals surface area contributed by atoms with Crippen LogP contribution in [0.4, 0.5) is 0 Å². The average Bonchev–Trinajstić information content (AvgIpc) is 2.46. The van der Waals surface area contributed by atoms with Crippen LogP contribution in [-0.2, 0) is 6.42 Å². The standard InChI is InChI=1S/C17H16BrN3/c1-11(2)17-20-14(10-16(18)21-17)9-13-8-7-12-5-3-4-6-15(12)19-13/h3-8,10-11H,9H2,1-2H3. The van der Waals surface area contributed by atoms with Crippen molar-refractivity contribution in [3.05, 3.63) is 64.3 Å². The van der Waals surface area contributed by atoms with Gasteiger partial charge in [-0.05, 0) is 34.1 Å². The lowest BCUT2D eigenvalue weighted by Gasteiger charge is -2.08. The minimum absolute atomic E-state index is 0.311. The molecule has 1 aromatic carbocycles. The molecule has 3 rings (SSSR count). The average molecular weight is 342 g/mol. The van der Waals surface area contributed by atoms with E-state index >= 15 is 0 Å². The first kappa shape index (κ1) is 14.1. The van der Waals surface area contributed by atoms with E-state index in [0.29, 0.717) is 12.3 Å². The Labute approximate surface area is 132 Å². The van der Waals surface area contributed by atoms with E-state index in [1.54, 1.807) is 0 Å². The van der Waals surface area contributed by atoms with E-state index < -0.39 is 0 Å². The Hall–Kier alpha value is -1.81. The number of aromatic nitrogens is 3. The predicted octanol–water partition coefficient (Wildman–Crippen LogP) is 4.50. The Bertz CT molecular complexity index is 784. The first-order valence-corrected chi connectivity index (χ1v) is 7.79. The molecule has 2 aromatic heterocycles. The highest BCUT2D eigenvalue weighted by Gasteiger charge is 2.08. The fraction of sp³-hybridized carbons (Fsp3) is 0.235. The summed E-state index contributed by atoms with van der Waals surface area (Å²) in [5, 5.41) is 1.16. The molecule has 3 aromatic rings. The molecule has 0 bridgehead atoms. The molecule has 3 nitrogen and oxygen atoms in total. The smallest absolute Gasteiger partial charge is 0.132 e. The molecule has 0 aliphatic rings. The van der Waals surface area contributed by atoms with Gasteiger partial charge in [-0.15, -0.1) is 0 Å². The molecule has 0 aliphatic heterocycles. The molecule has 0 fully saturated rings. The van der Waals surface area contributed by atoms with Crippen LogP contribution in [0.3, 0.4) is 0 Å². The SMILES string of the molecule is CC(C)c1nc(Br)cc(Cc2ccc3ccccc3n2)n1. The molecule has 0 N–H and O–H groups in total. The largest absolute Gasteiger partial charge is 0.252 e. The fourth-order valence-corrected chi connectivity index (χ4v) is 2.67. The summed E-state index contributed by atoms with van der Waals surface area (Å²) in [6, 6.07) is 14.3. The number of rotatable bonds is 3.